The lowest BCUT2D eigenvalue weighted by atomic mass is 10.1. The summed E-state index contributed by atoms with van der Waals surface area (Å²) in [5.41, 5.74) is 2.23. The number of carbonyl (C=O) groups is 1. The topological polar surface area (TPSA) is 76.4 Å². The van der Waals surface area contributed by atoms with Crippen molar-refractivity contribution in [3.05, 3.63) is 54.1 Å². The number of aryl methyl sites for hydroxylation is 1. The molecule has 0 bridgehead atoms. The van der Waals surface area contributed by atoms with Crippen LogP contribution >= 0.6 is 0 Å². The summed E-state index contributed by atoms with van der Waals surface area (Å²) in [7, 11) is 1.54. The van der Waals surface area contributed by atoms with E-state index in [4.69, 9.17) is 4.74 Å². The number of hydrogen-bond donors (Lipinski definition) is 2. The summed E-state index contributed by atoms with van der Waals surface area (Å²) in [6, 6.07) is 14.5. The van der Waals surface area contributed by atoms with Gasteiger partial charge in [-0.3, -0.25) is 10.1 Å². The first kappa shape index (κ1) is 17.0. The number of rotatable bonds is 6. The fourth-order valence-electron chi connectivity index (χ4n) is 2.76. The fraction of sp³-hybridized carbons (Fsp3) is 0.263. The number of aliphatic hydroxyl groups excluding tert-OH is 1. The van der Waals surface area contributed by atoms with Crippen molar-refractivity contribution in [1.82, 2.24) is 9.55 Å². The molecule has 130 valence electrons. The highest BCUT2D eigenvalue weighted by atomic mass is 16.5. The molecule has 0 aliphatic heterocycles. The van der Waals surface area contributed by atoms with Gasteiger partial charge in [0, 0.05) is 6.54 Å². The van der Waals surface area contributed by atoms with Crippen LogP contribution in [0.25, 0.3) is 11.0 Å². The third-order valence-electron chi connectivity index (χ3n) is 3.99. The average molecular weight is 339 g/mol. The number of amides is 1. The van der Waals surface area contributed by atoms with E-state index in [1.807, 2.05) is 28.8 Å². The zero-order valence-corrected chi connectivity index (χ0v) is 14.3. The van der Waals surface area contributed by atoms with Crippen molar-refractivity contribution < 1.29 is 14.6 Å². The highest BCUT2D eigenvalue weighted by Gasteiger charge is 2.21. The first-order valence-electron chi connectivity index (χ1n) is 8.22. The number of nitrogens with one attached hydrogen (secondary N) is 1. The minimum atomic E-state index is -1.30. The number of methoxy groups -OCH3 is 1. The van der Waals surface area contributed by atoms with Gasteiger partial charge in [-0.15, -0.1) is 0 Å². The van der Waals surface area contributed by atoms with Crippen LogP contribution in [0.5, 0.6) is 5.75 Å². The minimum absolute atomic E-state index is 0.440. The van der Waals surface area contributed by atoms with Gasteiger partial charge < -0.3 is 14.4 Å². The van der Waals surface area contributed by atoms with Gasteiger partial charge in [-0.1, -0.05) is 31.2 Å². The van der Waals surface area contributed by atoms with Crippen LogP contribution in [0.1, 0.15) is 25.0 Å². The molecule has 0 aliphatic rings. The Labute approximate surface area is 146 Å². The molecule has 1 amide bonds. The van der Waals surface area contributed by atoms with Crippen LogP contribution in [0.2, 0.25) is 0 Å². The largest absolute Gasteiger partial charge is 0.497 e. The third-order valence-corrected chi connectivity index (χ3v) is 3.99. The lowest BCUT2D eigenvalue weighted by Gasteiger charge is -2.13. The average Bonchev–Trinajstić information content (AvgIpc) is 2.99. The molecule has 25 heavy (non-hydrogen) atoms. The summed E-state index contributed by atoms with van der Waals surface area (Å²) < 4.78 is 7.08. The van der Waals surface area contributed by atoms with Gasteiger partial charge in [0.15, 0.2) is 6.10 Å². The summed E-state index contributed by atoms with van der Waals surface area (Å²) in [5.74, 6) is 0.499. The fourth-order valence-corrected chi connectivity index (χ4v) is 2.76. The molecule has 2 aromatic carbocycles. The van der Waals surface area contributed by atoms with Crippen LogP contribution in [0, 0.1) is 0 Å². The quantitative estimate of drug-likeness (QED) is 0.723. The van der Waals surface area contributed by atoms with Crippen LogP contribution in [0.3, 0.4) is 0 Å². The molecule has 1 aromatic heterocycles. The molecule has 3 rings (SSSR count). The molecule has 2 N–H and O–H groups in total. The third kappa shape index (κ3) is 3.49. The summed E-state index contributed by atoms with van der Waals surface area (Å²) in [6.45, 7) is 2.79. The van der Waals surface area contributed by atoms with Crippen molar-refractivity contribution in [2.45, 2.75) is 26.0 Å². The van der Waals surface area contributed by atoms with Crippen molar-refractivity contribution in [1.29, 1.82) is 0 Å². The van der Waals surface area contributed by atoms with Crippen molar-refractivity contribution >= 4 is 22.9 Å². The zero-order valence-electron chi connectivity index (χ0n) is 14.3. The van der Waals surface area contributed by atoms with E-state index >= 15 is 0 Å². The SMILES string of the molecule is CCCn1c(NC(=O)C(O)c2cccc(OC)c2)nc2ccccc21. The van der Waals surface area contributed by atoms with Crippen LogP contribution in [-0.4, -0.2) is 27.7 Å². The summed E-state index contributed by atoms with van der Waals surface area (Å²) >= 11 is 0. The predicted octanol–water partition coefficient (Wildman–Crippen LogP) is 3.13. The number of para-hydroxylation sites is 2. The highest BCUT2D eigenvalue weighted by Crippen LogP contribution is 2.23. The van der Waals surface area contributed by atoms with Crippen LogP contribution in [-0.2, 0) is 11.3 Å². The van der Waals surface area contributed by atoms with Gasteiger partial charge >= 0.3 is 0 Å². The van der Waals surface area contributed by atoms with Crippen LogP contribution in [0.4, 0.5) is 5.95 Å². The van der Waals surface area contributed by atoms with Crippen molar-refractivity contribution in [2.75, 3.05) is 12.4 Å². The summed E-state index contributed by atoms with van der Waals surface area (Å²) in [5, 5.41) is 13.1. The second kappa shape index (κ2) is 7.36. The first-order valence-corrected chi connectivity index (χ1v) is 8.22. The molecule has 1 heterocycles. The normalized spacial score (nSPS) is 12.1. The Balaban J connectivity index is 1.87. The molecule has 0 saturated heterocycles. The molecular weight excluding hydrogens is 318 g/mol. The standard InChI is InChI=1S/C19H21N3O3/c1-3-11-22-16-10-5-4-9-15(16)20-19(22)21-18(24)17(23)13-7-6-8-14(12-13)25-2/h4-10,12,17,23H,3,11H2,1-2H3,(H,20,21,24). The van der Waals surface area contributed by atoms with E-state index in [9.17, 15) is 9.90 Å². The van der Waals surface area contributed by atoms with Crippen LogP contribution in [0.15, 0.2) is 48.5 Å². The number of hydrogen-bond acceptors (Lipinski definition) is 4. The summed E-state index contributed by atoms with van der Waals surface area (Å²) in [6.07, 6.45) is -0.397. The van der Waals surface area contributed by atoms with E-state index in [0.717, 1.165) is 24.0 Å². The molecule has 1 unspecified atom stereocenters. The Kier molecular flexibility index (Phi) is 5.00. The molecule has 3 aromatic rings. The molecule has 0 fully saturated rings. The second-order valence-electron chi connectivity index (χ2n) is 5.74. The van der Waals surface area contributed by atoms with E-state index in [1.165, 1.54) is 0 Å². The molecule has 0 saturated carbocycles. The Bertz CT molecular complexity index is 889. The molecule has 6 nitrogen and oxygen atoms in total. The number of aromatic nitrogens is 2. The zero-order chi connectivity index (χ0) is 17.8. The van der Waals surface area contributed by atoms with Gasteiger partial charge in [0.25, 0.3) is 5.91 Å². The summed E-state index contributed by atoms with van der Waals surface area (Å²) in [4.78, 5) is 17.0. The highest BCUT2D eigenvalue weighted by molar-refractivity contribution is 5.95. The van der Waals surface area contributed by atoms with Crippen molar-refractivity contribution in [2.24, 2.45) is 0 Å². The number of imidazole rings is 1. The van der Waals surface area contributed by atoms with E-state index in [2.05, 4.69) is 17.2 Å². The number of benzene rings is 2. The monoisotopic (exact) mass is 339 g/mol. The maximum Gasteiger partial charge on any atom is 0.260 e. The molecular formula is C19H21N3O3. The Hall–Kier alpha value is -2.86. The van der Waals surface area contributed by atoms with Gasteiger partial charge in [-0.05, 0) is 36.2 Å². The van der Waals surface area contributed by atoms with E-state index < -0.39 is 12.0 Å². The molecule has 0 radical (unpaired) electrons. The number of nitrogens with zero attached hydrogens (tertiary/aromatic N) is 2. The second-order valence-corrected chi connectivity index (χ2v) is 5.74. The van der Waals surface area contributed by atoms with Gasteiger partial charge in [-0.25, -0.2) is 4.98 Å². The Morgan fingerprint density at radius 3 is 2.84 bits per heavy atom. The maximum absolute atomic E-state index is 12.5. The molecule has 6 heteroatoms. The number of anilines is 1. The predicted molar refractivity (Wildman–Crippen MR) is 96.6 cm³/mol. The smallest absolute Gasteiger partial charge is 0.260 e. The Morgan fingerprint density at radius 2 is 2.08 bits per heavy atom. The van der Waals surface area contributed by atoms with Crippen LogP contribution < -0.4 is 10.1 Å². The van der Waals surface area contributed by atoms with Gasteiger partial charge in [-0.2, -0.15) is 0 Å². The molecule has 1 atom stereocenters. The number of ether oxygens (including phenoxy) is 1. The van der Waals surface area contributed by atoms with E-state index in [-0.39, 0.29) is 0 Å². The van der Waals surface area contributed by atoms with Crippen molar-refractivity contribution in [3.8, 4) is 5.75 Å². The van der Waals surface area contributed by atoms with Gasteiger partial charge in [0.2, 0.25) is 5.95 Å². The maximum atomic E-state index is 12.5. The number of fused-ring (bicyclic) bond motifs is 1. The Morgan fingerprint density at radius 1 is 1.28 bits per heavy atom. The molecule has 0 spiro atoms. The molecule has 0 aliphatic carbocycles. The van der Waals surface area contributed by atoms with E-state index in [1.54, 1.807) is 31.4 Å². The lowest BCUT2D eigenvalue weighted by molar-refractivity contribution is -0.124. The van der Waals surface area contributed by atoms with E-state index in [0.29, 0.717) is 17.3 Å². The van der Waals surface area contributed by atoms with Gasteiger partial charge in [0.05, 0.1) is 18.1 Å². The number of aliphatic hydroxyl groups is 1. The van der Waals surface area contributed by atoms with Crippen molar-refractivity contribution in [3.63, 3.8) is 0 Å². The number of carbonyl (C=O) groups excluding carboxylic acids is 1. The minimum Gasteiger partial charge on any atom is -0.497 e. The first-order chi connectivity index (χ1) is 12.1. The van der Waals surface area contributed by atoms with Gasteiger partial charge in [0.1, 0.15) is 5.75 Å². The lowest BCUT2D eigenvalue weighted by Crippen LogP contribution is -2.23.